The first-order chi connectivity index (χ1) is 8.20. The maximum absolute atomic E-state index is 11.9. The second kappa shape index (κ2) is 5.16. The van der Waals surface area contributed by atoms with E-state index >= 15 is 0 Å². The number of rotatable bonds is 3. The number of piperazine rings is 1. The Bertz CT molecular complexity index is 324. The summed E-state index contributed by atoms with van der Waals surface area (Å²) in [5.41, 5.74) is 0. The minimum atomic E-state index is -0.00852. The van der Waals surface area contributed by atoms with Crippen LogP contribution < -0.4 is 0 Å². The monoisotopic (exact) mass is 239 g/mol. The number of likely N-dealkylation sites (tertiary alicyclic amines) is 1. The van der Waals surface area contributed by atoms with Gasteiger partial charge in [0.2, 0.25) is 18.2 Å². The molecule has 0 spiro atoms. The highest BCUT2D eigenvalue weighted by Crippen LogP contribution is 2.10. The van der Waals surface area contributed by atoms with Crippen LogP contribution in [-0.2, 0) is 14.4 Å². The molecule has 0 atom stereocenters. The molecule has 0 aromatic rings. The van der Waals surface area contributed by atoms with Gasteiger partial charge in [-0.25, -0.2) is 0 Å². The molecule has 17 heavy (non-hydrogen) atoms. The van der Waals surface area contributed by atoms with Crippen LogP contribution in [0.3, 0.4) is 0 Å². The molecule has 0 radical (unpaired) electrons. The number of amides is 3. The van der Waals surface area contributed by atoms with Crippen LogP contribution in [0.1, 0.15) is 12.8 Å². The van der Waals surface area contributed by atoms with Crippen molar-refractivity contribution in [3.8, 4) is 0 Å². The average Bonchev–Trinajstić information content (AvgIpc) is 2.75. The van der Waals surface area contributed by atoms with Crippen LogP contribution in [0.2, 0.25) is 0 Å². The van der Waals surface area contributed by atoms with Crippen molar-refractivity contribution in [2.45, 2.75) is 12.8 Å². The zero-order valence-corrected chi connectivity index (χ0v) is 9.80. The van der Waals surface area contributed by atoms with Crippen LogP contribution in [0.4, 0.5) is 0 Å². The van der Waals surface area contributed by atoms with Crippen molar-refractivity contribution >= 4 is 18.2 Å². The van der Waals surface area contributed by atoms with Gasteiger partial charge in [0.15, 0.2) is 0 Å². The normalized spacial score (nSPS) is 20.9. The third-order valence-corrected chi connectivity index (χ3v) is 3.31. The lowest BCUT2D eigenvalue weighted by Crippen LogP contribution is -2.50. The van der Waals surface area contributed by atoms with Crippen molar-refractivity contribution in [1.82, 2.24) is 14.7 Å². The molecule has 3 amide bonds. The van der Waals surface area contributed by atoms with Crippen molar-refractivity contribution in [2.75, 3.05) is 39.3 Å². The standard InChI is InChI=1S/C11H17N3O3/c15-9-12-4-6-13(7-5-12)11(17)8-14-3-1-2-10(14)16/h9H,1-8H2. The van der Waals surface area contributed by atoms with Gasteiger partial charge in [-0.1, -0.05) is 0 Å². The zero-order chi connectivity index (χ0) is 12.3. The third-order valence-electron chi connectivity index (χ3n) is 3.31. The number of hydrogen-bond donors (Lipinski definition) is 0. The Balaban J connectivity index is 1.80. The molecular weight excluding hydrogens is 222 g/mol. The first-order valence-electron chi connectivity index (χ1n) is 5.95. The largest absolute Gasteiger partial charge is 0.342 e. The summed E-state index contributed by atoms with van der Waals surface area (Å²) in [6.07, 6.45) is 2.23. The Morgan fingerprint density at radius 2 is 1.88 bits per heavy atom. The van der Waals surface area contributed by atoms with Gasteiger partial charge in [0.05, 0.1) is 6.54 Å². The number of carbonyl (C=O) groups excluding carboxylic acids is 3. The maximum atomic E-state index is 11.9. The smallest absolute Gasteiger partial charge is 0.242 e. The second-order valence-corrected chi connectivity index (χ2v) is 4.44. The highest BCUT2D eigenvalue weighted by atomic mass is 16.2. The summed E-state index contributed by atoms with van der Waals surface area (Å²) in [6, 6.07) is 0. The van der Waals surface area contributed by atoms with Gasteiger partial charge in [-0.2, -0.15) is 0 Å². The molecule has 6 nitrogen and oxygen atoms in total. The van der Waals surface area contributed by atoms with E-state index in [9.17, 15) is 14.4 Å². The summed E-state index contributed by atoms with van der Waals surface area (Å²) in [5, 5.41) is 0. The van der Waals surface area contributed by atoms with Crippen LogP contribution in [0.25, 0.3) is 0 Å². The number of carbonyl (C=O) groups is 3. The molecule has 2 heterocycles. The molecule has 2 aliphatic heterocycles. The molecule has 0 bridgehead atoms. The van der Waals surface area contributed by atoms with Gasteiger partial charge in [0.1, 0.15) is 0 Å². The van der Waals surface area contributed by atoms with E-state index in [0.29, 0.717) is 39.1 Å². The van der Waals surface area contributed by atoms with Crippen LogP contribution >= 0.6 is 0 Å². The summed E-state index contributed by atoms with van der Waals surface area (Å²) >= 11 is 0. The molecule has 2 saturated heterocycles. The van der Waals surface area contributed by atoms with Gasteiger partial charge in [-0.3, -0.25) is 14.4 Å². The first-order valence-corrected chi connectivity index (χ1v) is 5.95. The van der Waals surface area contributed by atoms with Gasteiger partial charge < -0.3 is 14.7 Å². The minimum absolute atomic E-state index is 0.00852. The molecule has 0 unspecified atom stereocenters. The summed E-state index contributed by atoms with van der Waals surface area (Å²) in [4.78, 5) is 38.8. The van der Waals surface area contributed by atoms with Gasteiger partial charge >= 0.3 is 0 Å². The SMILES string of the molecule is O=CN1CCN(C(=O)CN2CCCC2=O)CC1. The van der Waals surface area contributed by atoms with Gasteiger partial charge in [-0.15, -0.1) is 0 Å². The molecule has 94 valence electrons. The number of nitrogens with zero attached hydrogens (tertiary/aromatic N) is 3. The molecular formula is C11H17N3O3. The lowest BCUT2D eigenvalue weighted by molar-refractivity contribution is -0.140. The van der Waals surface area contributed by atoms with Crippen molar-refractivity contribution in [3.63, 3.8) is 0 Å². The van der Waals surface area contributed by atoms with E-state index in [2.05, 4.69) is 0 Å². The second-order valence-electron chi connectivity index (χ2n) is 4.44. The summed E-state index contributed by atoms with van der Waals surface area (Å²) < 4.78 is 0. The fourth-order valence-corrected chi connectivity index (χ4v) is 2.21. The molecule has 0 aromatic heterocycles. The Labute approximate surface area is 100 Å². The van der Waals surface area contributed by atoms with E-state index in [0.717, 1.165) is 12.8 Å². The van der Waals surface area contributed by atoms with Crippen LogP contribution in [0, 0.1) is 0 Å². The molecule has 2 rings (SSSR count). The first kappa shape index (κ1) is 11.9. The van der Waals surface area contributed by atoms with Crippen molar-refractivity contribution in [1.29, 1.82) is 0 Å². The van der Waals surface area contributed by atoms with Gasteiger partial charge in [0, 0.05) is 39.1 Å². The van der Waals surface area contributed by atoms with Crippen molar-refractivity contribution in [2.24, 2.45) is 0 Å². The van der Waals surface area contributed by atoms with E-state index < -0.39 is 0 Å². The molecule has 0 aromatic carbocycles. The van der Waals surface area contributed by atoms with E-state index in [1.807, 2.05) is 0 Å². The van der Waals surface area contributed by atoms with E-state index in [1.54, 1.807) is 14.7 Å². The van der Waals surface area contributed by atoms with E-state index in [-0.39, 0.29) is 18.4 Å². The van der Waals surface area contributed by atoms with Crippen LogP contribution in [0.15, 0.2) is 0 Å². The summed E-state index contributed by atoms with van der Waals surface area (Å²) in [5.74, 6) is 0.0654. The molecule has 2 aliphatic rings. The average molecular weight is 239 g/mol. The predicted octanol–water partition coefficient (Wildman–Crippen LogP) is -1.09. The molecule has 0 N–H and O–H groups in total. The fourth-order valence-electron chi connectivity index (χ4n) is 2.21. The fraction of sp³-hybridized carbons (Fsp3) is 0.727. The van der Waals surface area contributed by atoms with Gasteiger partial charge in [0.25, 0.3) is 0 Å². The van der Waals surface area contributed by atoms with Crippen molar-refractivity contribution in [3.05, 3.63) is 0 Å². The summed E-state index contributed by atoms with van der Waals surface area (Å²) in [7, 11) is 0. The molecule has 6 heteroatoms. The molecule has 2 fully saturated rings. The van der Waals surface area contributed by atoms with Crippen molar-refractivity contribution < 1.29 is 14.4 Å². The lowest BCUT2D eigenvalue weighted by Gasteiger charge is -2.33. The number of hydrogen-bond acceptors (Lipinski definition) is 3. The van der Waals surface area contributed by atoms with E-state index in [1.165, 1.54) is 0 Å². The Hall–Kier alpha value is -1.59. The molecule has 0 saturated carbocycles. The highest BCUT2D eigenvalue weighted by Gasteiger charge is 2.26. The Morgan fingerprint density at radius 3 is 2.41 bits per heavy atom. The highest BCUT2D eigenvalue weighted by molar-refractivity contribution is 5.86. The predicted molar refractivity (Wildman–Crippen MR) is 60.0 cm³/mol. The minimum Gasteiger partial charge on any atom is -0.342 e. The third kappa shape index (κ3) is 2.75. The Morgan fingerprint density at radius 1 is 1.18 bits per heavy atom. The van der Waals surface area contributed by atoms with Crippen LogP contribution in [0.5, 0.6) is 0 Å². The van der Waals surface area contributed by atoms with Crippen LogP contribution in [-0.4, -0.2) is 72.2 Å². The topological polar surface area (TPSA) is 60.9 Å². The Kier molecular flexibility index (Phi) is 3.61. The van der Waals surface area contributed by atoms with E-state index in [4.69, 9.17) is 0 Å². The maximum Gasteiger partial charge on any atom is 0.242 e. The molecule has 0 aliphatic carbocycles. The zero-order valence-electron chi connectivity index (χ0n) is 9.80. The summed E-state index contributed by atoms with van der Waals surface area (Å²) in [6.45, 7) is 3.20. The quantitative estimate of drug-likeness (QED) is 0.588. The lowest BCUT2D eigenvalue weighted by atomic mass is 10.3. The van der Waals surface area contributed by atoms with Gasteiger partial charge in [-0.05, 0) is 6.42 Å².